The van der Waals surface area contributed by atoms with Crippen LogP contribution in [0.4, 0.5) is 0 Å². The molecule has 146 valence electrons. The van der Waals surface area contributed by atoms with Crippen molar-refractivity contribution in [3.8, 4) is 11.5 Å². The molecular weight excluding hydrogens is 332 g/mol. The average Bonchev–Trinajstić information content (AvgIpc) is 3.03. The molecule has 1 saturated carbocycles. The number of aliphatic hydroxyl groups excluding tert-OH is 1. The molecule has 1 aliphatic carbocycles. The van der Waals surface area contributed by atoms with E-state index in [4.69, 9.17) is 9.47 Å². The summed E-state index contributed by atoms with van der Waals surface area (Å²) in [5.74, 6) is 1.48. The molecule has 6 heteroatoms. The van der Waals surface area contributed by atoms with Crippen LogP contribution in [0, 0.1) is 0 Å². The first-order valence-electron chi connectivity index (χ1n) is 9.58. The van der Waals surface area contributed by atoms with Gasteiger partial charge in [-0.25, -0.2) is 0 Å². The lowest BCUT2D eigenvalue weighted by Gasteiger charge is -2.26. The zero-order valence-electron chi connectivity index (χ0n) is 16.2. The van der Waals surface area contributed by atoms with E-state index in [2.05, 4.69) is 5.32 Å². The van der Waals surface area contributed by atoms with Crippen LogP contribution in [-0.2, 0) is 11.2 Å². The fraction of sp³-hybridized carbons (Fsp3) is 0.650. The molecular formula is C20H32N2O4. The van der Waals surface area contributed by atoms with Crippen molar-refractivity contribution in [2.75, 3.05) is 33.4 Å². The summed E-state index contributed by atoms with van der Waals surface area (Å²) in [6.07, 6.45) is 3.23. The van der Waals surface area contributed by atoms with Crippen LogP contribution in [0.2, 0.25) is 0 Å². The maximum absolute atomic E-state index is 12.1. The zero-order valence-corrected chi connectivity index (χ0v) is 16.2. The van der Waals surface area contributed by atoms with E-state index >= 15 is 0 Å². The SMILES string of the molecule is CCOc1ccc(CCNC(=O)CN(C)[C@H]2CCC[C@H]2O)cc1OCC. The van der Waals surface area contributed by atoms with Crippen molar-refractivity contribution in [1.82, 2.24) is 10.2 Å². The largest absolute Gasteiger partial charge is 0.490 e. The van der Waals surface area contributed by atoms with E-state index in [1.54, 1.807) is 0 Å². The minimum Gasteiger partial charge on any atom is -0.490 e. The van der Waals surface area contributed by atoms with E-state index < -0.39 is 0 Å². The molecule has 2 rings (SSSR count). The van der Waals surface area contributed by atoms with Gasteiger partial charge in [-0.2, -0.15) is 0 Å². The molecule has 0 saturated heterocycles. The highest BCUT2D eigenvalue weighted by atomic mass is 16.5. The third-order valence-electron chi connectivity index (χ3n) is 4.75. The topological polar surface area (TPSA) is 71.0 Å². The normalized spacial score (nSPS) is 19.6. The average molecular weight is 364 g/mol. The smallest absolute Gasteiger partial charge is 0.234 e. The molecule has 1 aromatic rings. The van der Waals surface area contributed by atoms with Gasteiger partial charge in [0.15, 0.2) is 11.5 Å². The number of benzene rings is 1. The van der Waals surface area contributed by atoms with E-state index in [-0.39, 0.29) is 18.1 Å². The minimum atomic E-state index is -0.311. The summed E-state index contributed by atoms with van der Waals surface area (Å²) < 4.78 is 11.2. The summed E-state index contributed by atoms with van der Waals surface area (Å²) in [6, 6.07) is 5.99. The molecule has 0 bridgehead atoms. The van der Waals surface area contributed by atoms with Gasteiger partial charge < -0.3 is 19.9 Å². The Morgan fingerprint density at radius 3 is 2.62 bits per heavy atom. The highest BCUT2D eigenvalue weighted by molar-refractivity contribution is 5.78. The number of carbonyl (C=O) groups is 1. The number of likely N-dealkylation sites (N-methyl/N-ethyl adjacent to an activating group) is 1. The Hall–Kier alpha value is -1.79. The van der Waals surface area contributed by atoms with Crippen molar-refractivity contribution in [2.24, 2.45) is 0 Å². The predicted octanol–water partition coefficient (Wildman–Crippen LogP) is 1.99. The van der Waals surface area contributed by atoms with Crippen molar-refractivity contribution in [3.05, 3.63) is 23.8 Å². The van der Waals surface area contributed by atoms with Crippen molar-refractivity contribution in [2.45, 2.75) is 51.7 Å². The van der Waals surface area contributed by atoms with Gasteiger partial charge in [0, 0.05) is 12.6 Å². The van der Waals surface area contributed by atoms with Gasteiger partial charge in [0.2, 0.25) is 5.91 Å². The third-order valence-corrected chi connectivity index (χ3v) is 4.75. The Bertz CT molecular complexity index is 579. The molecule has 0 unspecified atom stereocenters. The van der Waals surface area contributed by atoms with Gasteiger partial charge >= 0.3 is 0 Å². The number of aliphatic hydroxyl groups is 1. The number of hydrogen-bond donors (Lipinski definition) is 2. The van der Waals surface area contributed by atoms with Crippen LogP contribution < -0.4 is 14.8 Å². The highest BCUT2D eigenvalue weighted by Crippen LogP contribution is 2.28. The zero-order chi connectivity index (χ0) is 18.9. The molecule has 0 radical (unpaired) electrons. The lowest BCUT2D eigenvalue weighted by atomic mass is 10.1. The first-order valence-corrected chi connectivity index (χ1v) is 9.58. The lowest BCUT2D eigenvalue weighted by Crippen LogP contribution is -2.44. The maximum Gasteiger partial charge on any atom is 0.234 e. The Morgan fingerprint density at radius 2 is 1.96 bits per heavy atom. The van der Waals surface area contributed by atoms with Crippen LogP contribution in [0.15, 0.2) is 18.2 Å². The number of ether oxygens (including phenoxy) is 2. The van der Waals surface area contributed by atoms with Crippen LogP contribution in [-0.4, -0.2) is 61.4 Å². The molecule has 26 heavy (non-hydrogen) atoms. The van der Waals surface area contributed by atoms with E-state index in [0.717, 1.165) is 42.7 Å². The molecule has 6 nitrogen and oxygen atoms in total. The second-order valence-corrected chi connectivity index (χ2v) is 6.73. The summed E-state index contributed by atoms with van der Waals surface area (Å²) in [5, 5.41) is 12.9. The Labute approximate surface area is 156 Å². The molecule has 0 spiro atoms. The van der Waals surface area contributed by atoms with Crippen LogP contribution in [0.3, 0.4) is 0 Å². The van der Waals surface area contributed by atoms with E-state index in [9.17, 15) is 9.90 Å². The second-order valence-electron chi connectivity index (χ2n) is 6.73. The van der Waals surface area contributed by atoms with Gasteiger partial charge in [-0.05, 0) is 64.3 Å². The quantitative estimate of drug-likeness (QED) is 0.664. The number of nitrogens with zero attached hydrogens (tertiary/aromatic N) is 1. The van der Waals surface area contributed by atoms with Gasteiger partial charge in [0.1, 0.15) is 0 Å². The number of hydrogen-bond acceptors (Lipinski definition) is 5. The summed E-state index contributed by atoms with van der Waals surface area (Å²) in [6.45, 7) is 5.95. The first-order chi connectivity index (χ1) is 12.5. The first kappa shape index (κ1) is 20.5. The van der Waals surface area contributed by atoms with E-state index in [1.165, 1.54) is 0 Å². The maximum atomic E-state index is 12.1. The Kier molecular flexibility index (Phi) is 8.19. The molecule has 1 aliphatic rings. The van der Waals surface area contributed by atoms with Crippen molar-refractivity contribution >= 4 is 5.91 Å². The summed E-state index contributed by atoms with van der Waals surface area (Å²) >= 11 is 0. The monoisotopic (exact) mass is 364 g/mol. The minimum absolute atomic E-state index is 0.0115. The van der Waals surface area contributed by atoms with Gasteiger partial charge in [-0.3, -0.25) is 9.69 Å². The predicted molar refractivity (Wildman–Crippen MR) is 102 cm³/mol. The molecule has 0 aliphatic heterocycles. The number of amides is 1. The molecule has 0 aromatic heterocycles. The Morgan fingerprint density at radius 1 is 1.23 bits per heavy atom. The number of nitrogens with one attached hydrogen (secondary N) is 1. The van der Waals surface area contributed by atoms with Crippen molar-refractivity contribution < 1.29 is 19.4 Å². The molecule has 1 aromatic carbocycles. The van der Waals surface area contributed by atoms with E-state index in [0.29, 0.717) is 26.3 Å². The molecule has 2 N–H and O–H groups in total. The van der Waals surface area contributed by atoms with Gasteiger partial charge in [-0.1, -0.05) is 6.07 Å². The molecule has 0 heterocycles. The molecule has 1 fully saturated rings. The Balaban J connectivity index is 1.79. The van der Waals surface area contributed by atoms with E-state index in [1.807, 2.05) is 44.0 Å². The van der Waals surface area contributed by atoms with Gasteiger partial charge in [0.05, 0.1) is 25.9 Å². The number of rotatable bonds is 10. The standard InChI is InChI=1S/C20H32N2O4/c1-4-25-18-10-9-15(13-19(18)26-5-2)11-12-21-20(24)14-22(3)16-7-6-8-17(16)23/h9-10,13,16-17,23H,4-8,11-12,14H2,1-3H3,(H,21,24)/t16-,17+/m0/s1. The van der Waals surface area contributed by atoms with Crippen LogP contribution in [0.1, 0.15) is 38.7 Å². The summed E-state index contributed by atoms with van der Waals surface area (Å²) in [5.41, 5.74) is 1.09. The van der Waals surface area contributed by atoms with Crippen LogP contribution in [0.5, 0.6) is 11.5 Å². The van der Waals surface area contributed by atoms with Crippen LogP contribution in [0.25, 0.3) is 0 Å². The van der Waals surface area contributed by atoms with Gasteiger partial charge in [0.25, 0.3) is 0 Å². The molecule has 1 amide bonds. The fourth-order valence-electron chi connectivity index (χ4n) is 3.43. The molecule has 2 atom stereocenters. The van der Waals surface area contributed by atoms with Crippen LogP contribution >= 0.6 is 0 Å². The fourth-order valence-corrected chi connectivity index (χ4v) is 3.43. The third kappa shape index (κ3) is 5.88. The second kappa shape index (κ2) is 10.4. The van der Waals surface area contributed by atoms with Crippen molar-refractivity contribution in [3.63, 3.8) is 0 Å². The van der Waals surface area contributed by atoms with Gasteiger partial charge in [-0.15, -0.1) is 0 Å². The number of carbonyl (C=O) groups excluding carboxylic acids is 1. The van der Waals surface area contributed by atoms with Crippen molar-refractivity contribution in [1.29, 1.82) is 0 Å². The summed E-state index contributed by atoms with van der Waals surface area (Å²) in [4.78, 5) is 14.1. The lowest BCUT2D eigenvalue weighted by molar-refractivity contribution is -0.122. The summed E-state index contributed by atoms with van der Waals surface area (Å²) in [7, 11) is 1.90. The highest BCUT2D eigenvalue weighted by Gasteiger charge is 2.29.